The SMILES string of the molecule is CNC(CC1CCSCC1)c1occc1Br. The number of hydrogen-bond donors (Lipinski definition) is 1. The topological polar surface area (TPSA) is 25.2 Å². The van der Waals surface area contributed by atoms with Gasteiger partial charge in [0.2, 0.25) is 0 Å². The van der Waals surface area contributed by atoms with Gasteiger partial charge in [0.25, 0.3) is 0 Å². The van der Waals surface area contributed by atoms with E-state index < -0.39 is 0 Å². The summed E-state index contributed by atoms with van der Waals surface area (Å²) in [4.78, 5) is 0. The molecule has 1 unspecified atom stereocenters. The minimum absolute atomic E-state index is 0.345. The molecular formula is C12H18BrNOS. The van der Waals surface area contributed by atoms with Crippen molar-refractivity contribution in [1.29, 1.82) is 0 Å². The predicted octanol–water partition coefficient (Wildman–Crippen LogP) is 3.84. The molecule has 0 radical (unpaired) electrons. The molecule has 1 aliphatic rings. The van der Waals surface area contributed by atoms with Gasteiger partial charge in [-0.2, -0.15) is 11.8 Å². The van der Waals surface area contributed by atoms with E-state index in [2.05, 4.69) is 33.0 Å². The third-order valence-corrected chi connectivity index (χ3v) is 4.92. The summed E-state index contributed by atoms with van der Waals surface area (Å²) in [5.41, 5.74) is 0. The first kappa shape index (κ1) is 12.5. The van der Waals surface area contributed by atoms with Gasteiger partial charge in [-0.3, -0.25) is 0 Å². The molecule has 1 saturated heterocycles. The fraction of sp³-hybridized carbons (Fsp3) is 0.667. The predicted molar refractivity (Wildman–Crippen MR) is 72.9 cm³/mol. The molecule has 90 valence electrons. The van der Waals surface area contributed by atoms with Crippen molar-refractivity contribution in [2.24, 2.45) is 5.92 Å². The van der Waals surface area contributed by atoms with E-state index in [1.165, 1.54) is 30.8 Å². The van der Waals surface area contributed by atoms with E-state index in [-0.39, 0.29) is 0 Å². The van der Waals surface area contributed by atoms with Crippen molar-refractivity contribution in [3.8, 4) is 0 Å². The fourth-order valence-corrected chi connectivity index (χ4v) is 3.91. The lowest BCUT2D eigenvalue weighted by Crippen LogP contribution is -2.22. The van der Waals surface area contributed by atoms with Crippen molar-refractivity contribution in [3.63, 3.8) is 0 Å². The molecule has 0 spiro atoms. The van der Waals surface area contributed by atoms with Crippen LogP contribution < -0.4 is 5.32 Å². The Hall–Kier alpha value is 0.0700. The van der Waals surface area contributed by atoms with E-state index in [9.17, 15) is 0 Å². The van der Waals surface area contributed by atoms with Gasteiger partial charge in [0.05, 0.1) is 16.8 Å². The average Bonchev–Trinajstić information content (AvgIpc) is 2.74. The lowest BCUT2D eigenvalue weighted by molar-refractivity contribution is 0.339. The number of thioether (sulfide) groups is 1. The highest BCUT2D eigenvalue weighted by Gasteiger charge is 2.22. The zero-order valence-electron chi connectivity index (χ0n) is 9.54. The van der Waals surface area contributed by atoms with Crippen LogP contribution in [0.15, 0.2) is 21.2 Å². The molecule has 1 fully saturated rings. The Morgan fingerprint density at radius 3 is 2.88 bits per heavy atom. The summed E-state index contributed by atoms with van der Waals surface area (Å²) < 4.78 is 6.62. The molecule has 16 heavy (non-hydrogen) atoms. The molecule has 0 bridgehead atoms. The van der Waals surface area contributed by atoms with Gasteiger partial charge in [-0.25, -0.2) is 0 Å². The molecule has 0 aromatic carbocycles. The van der Waals surface area contributed by atoms with Crippen LogP contribution in [0.3, 0.4) is 0 Å². The van der Waals surface area contributed by atoms with Crippen LogP contribution in [-0.4, -0.2) is 18.6 Å². The Kier molecular flexibility index (Phi) is 4.79. The highest BCUT2D eigenvalue weighted by molar-refractivity contribution is 9.10. The van der Waals surface area contributed by atoms with E-state index in [0.717, 1.165) is 16.2 Å². The standard InChI is InChI=1S/C12H18BrNOS/c1-14-11(12-10(13)2-5-15-12)8-9-3-6-16-7-4-9/h2,5,9,11,14H,3-4,6-8H2,1H3. The first-order chi connectivity index (χ1) is 7.81. The highest BCUT2D eigenvalue weighted by Crippen LogP contribution is 2.33. The number of hydrogen-bond acceptors (Lipinski definition) is 3. The zero-order valence-corrected chi connectivity index (χ0v) is 11.9. The second kappa shape index (κ2) is 6.12. The molecule has 1 aromatic heterocycles. The smallest absolute Gasteiger partial charge is 0.134 e. The summed E-state index contributed by atoms with van der Waals surface area (Å²) >= 11 is 5.62. The molecule has 1 aliphatic heterocycles. The molecule has 2 nitrogen and oxygen atoms in total. The van der Waals surface area contributed by atoms with Crippen molar-refractivity contribution in [1.82, 2.24) is 5.32 Å². The summed E-state index contributed by atoms with van der Waals surface area (Å²) in [5.74, 6) is 4.53. The van der Waals surface area contributed by atoms with Crippen molar-refractivity contribution in [3.05, 3.63) is 22.6 Å². The number of furan rings is 1. The molecule has 1 atom stereocenters. The molecule has 1 N–H and O–H groups in total. The first-order valence-corrected chi connectivity index (χ1v) is 7.74. The maximum Gasteiger partial charge on any atom is 0.134 e. The molecular weight excluding hydrogens is 286 g/mol. The Morgan fingerprint density at radius 2 is 2.31 bits per heavy atom. The van der Waals surface area contributed by atoms with Crippen LogP contribution in [0.1, 0.15) is 31.1 Å². The monoisotopic (exact) mass is 303 g/mol. The van der Waals surface area contributed by atoms with Gasteiger partial charge in [-0.05, 0) is 65.7 Å². The molecule has 0 aliphatic carbocycles. The van der Waals surface area contributed by atoms with Crippen molar-refractivity contribution in [2.75, 3.05) is 18.6 Å². The van der Waals surface area contributed by atoms with Crippen molar-refractivity contribution < 1.29 is 4.42 Å². The van der Waals surface area contributed by atoms with E-state index >= 15 is 0 Å². The van der Waals surface area contributed by atoms with Crippen LogP contribution in [0.4, 0.5) is 0 Å². The van der Waals surface area contributed by atoms with Gasteiger partial charge in [-0.15, -0.1) is 0 Å². The molecule has 0 amide bonds. The number of halogens is 1. The Bertz CT molecular complexity index is 323. The van der Waals surface area contributed by atoms with Gasteiger partial charge >= 0.3 is 0 Å². The zero-order chi connectivity index (χ0) is 11.4. The largest absolute Gasteiger partial charge is 0.466 e. The fourth-order valence-electron chi connectivity index (χ4n) is 2.23. The summed E-state index contributed by atoms with van der Waals surface area (Å²) in [6.45, 7) is 0. The quantitative estimate of drug-likeness (QED) is 0.915. The summed E-state index contributed by atoms with van der Waals surface area (Å²) in [6.07, 6.45) is 5.63. The van der Waals surface area contributed by atoms with Crippen LogP contribution in [0.5, 0.6) is 0 Å². The van der Waals surface area contributed by atoms with Crippen molar-refractivity contribution >= 4 is 27.7 Å². The van der Waals surface area contributed by atoms with Crippen LogP contribution >= 0.6 is 27.7 Å². The minimum Gasteiger partial charge on any atom is -0.466 e. The Balaban J connectivity index is 1.97. The summed E-state index contributed by atoms with van der Waals surface area (Å²) in [7, 11) is 2.01. The van der Waals surface area contributed by atoms with Crippen LogP contribution in [0.2, 0.25) is 0 Å². The molecule has 2 heterocycles. The van der Waals surface area contributed by atoms with Crippen LogP contribution in [0.25, 0.3) is 0 Å². The van der Waals surface area contributed by atoms with E-state index in [4.69, 9.17) is 4.42 Å². The molecule has 2 rings (SSSR count). The van der Waals surface area contributed by atoms with Crippen molar-refractivity contribution in [2.45, 2.75) is 25.3 Å². The second-order valence-corrected chi connectivity index (χ2v) is 6.34. The molecule has 1 aromatic rings. The van der Waals surface area contributed by atoms with Crippen LogP contribution in [0, 0.1) is 5.92 Å². The van der Waals surface area contributed by atoms with E-state index in [1.54, 1.807) is 6.26 Å². The Morgan fingerprint density at radius 1 is 1.56 bits per heavy atom. The van der Waals surface area contributed by atoms with E-state index in [1.807, 2.05) is 13.1 Å². The minimum atomic E-state index is 0.345. The lowest BCUT2D eigenvalue weighted by Gasteiger charge is -2.25. The van der Waals surface area contributed by atoms with Gasteiger partial charge in [-0.1, -0.05) is 0 Å². The summed E-state index contributed by atoms with van der Waals surface area (Å²) in [5, 5.41) is 3.36. The van der Waals surface area contributed by atoms with Gasteiger partial charge < -0.3 is 9.73 Å². The molecule has 0 saturated carbocycles. The lowest BCUT2D eigenvalue weighted by atomic mass is 9.93. The maximum absolute atomic E-state index is 5.54. The molecule has 4 heteroatoms. The second-order valence-electron chi connectivity index (χ2n) is 4.27. The highest BCUT2D eigenvalue weighted by atomic mass is 79.9. The van der Waals surface area contributed by atoms with Gasteiger partial charge in [0, 0.05) is 0 Å². The normalized spacial score (nSPS) is 19.9. The average molecular weight is 304 g/mol. The van der Waals surface area contributed by atoms with Gasteiger partial charge in [0.1, 0.15) is 5.76 Å². The Labute approximate surface area is 110 Å². The number of nitrogens with one attached hydrogen (secondary N) is 1. The number of rotatable bonds is 4. The van der Waals surface area contributed by atoms with Gasteiger partial charge in [0.15, 0.2) is 0 Å². The van der Waals surface area contributed by atoms with Crippen LogP contribution in [-0.2, 0) is 0 Å². The third-order valence-electron chi connectivity index (χ3n) is 3.22. The van der Waals surface area contributed by atoms with E-state index in [0.29, 0.717) is 6.04 Å². The third kappa shape index (κ3) is 3.05. The summed E-state index contributed by atoms with van der Waals surface area (Å²) in [6, 6.07) is 2.31. The maximum atomic E-state index is 5.54. The first-order valence-electron chi connectivity index (χ1n) is 5.79.